The van der Waals surface area contributed by atoms with Crippen molar-refractivity contribution < 1.29 is 0 Å². The molecule has 0 radical (unpaired) electrons. The molecule has 0 aromatic heterocycles. The molecule has 1 saturated carbocycles. The van der Waals surface area contributed by atoms with Crippen molar-refractivity contribution in [1.82, 2.24) is 10.2 Å². The van der Waals surface area contributed by atoms with Crippen LogP contribution in [-0.2, 0) is 0 Å². The van der Waals surface area contributed by atoms with E-state index >= 15 is 0 Å². The van der Waals surface area contributed by atoms with Gasteiger partial charge in [0.2, 0.25) is 0 Å². The van der Waals surface area contributed by atoms with Crippen LogP contribution in [0.3, 0.4) is 0 Å². The van der Waals surface area contributed by atoms with Gasteiger partial charge in [-0.25, -0.2) is 0 Å². The first-order valence-electron chi connectivity index (χ1n) is 7.60. The molecule has 0 spiro atoms. The summed E-state index contributed by atoms with van der Waals surface area (Å²) >= 11 is 0. The van der Waals surface area contributed by atoms with Crippen molar-refractivity contribution in [2.24, 2.45) is 5.92 Å². The summed E-state index contributed by atoms with van der Waals surface area (Å²) in [7, 11) is 2.32. The molecule has 102 valence electrons. The molecule has 1 N–H and O–H groups in total. The molecule has 2 heteroatoms. The molecule has 1 aliphatic rings. The minimum atomic E-state index is 0.680. The molecule has 0 bridgehead atoms. The quantitative estimate of drug-likeness (QED) is 0.735. The Labute approximate surface area is 108 Å². The Morgan fingerprint density at radius 2 is 1.82 bits per heavy atom. The van der Waals surface area contributed by atoms with Crippen LogP contribution < -0.4 is 5.32 Å². The van der Waals surface area contributed by atoms with Gasteiger partial charge in [0.1, 0.15) is 0 Å². The van der Waals surface area contributed by atoms with Crippen LogP contribution >= 0.6 is 0 Å². The molecule has 17 heavy (non-hydrogen) atoms. The zero-order valence-corrected chi connectivity index (χ0v) is 12.3. The van der Waals surface area contributed by atoms with Crippen LogP contribution in [0, 0.1) is 5.92 Å². The highest BCUT2D eigenvalue weighted by Crippen LogP contribution is 2.26. The van der Waals surface area contributed by atoms with E-state index in [2.05, 4.69) is 38.0 Å². The van der Waals surface area contributed by atoms with Crippen LogP contribution in [0.2, 0.25) is 0 Å². The molecule has 0 heterocycles. The molecule has 1 fully saturated rings. The summed E-state index contributed by atoms with van der Waals surface area (Å²) in [5.41, 5.74) is 0. The van der Waals surface area contributed by atoms with Gasteiger partial charge in [-0.05, 0) is 58.0 Å². The minimum Gasteiger partial charge on any atom is -0.313 e. The average molecular weight is 240 g/mol. The molecular weight excluding hydrogens is 208 g/mol. The smallest absolute Gasteiger partial charge is 0.0192 e. The summed E-state index contributed by atoms with van der Waals surface area (Å²) < 4.78 is 0. The first-order chi connectivity index (χ1) is 8.17. The Morgan fingerprint density at radius 1 is 1.18 bits per heavy atom. The van der Waals surface area contributed by atoms with Crippen LogP contribution in [0.4, 0.5) is 0 Å². The van der Waals surface area contributed by atoms with Crippen LogP contribution in [0.1, 0.15) is 59.3 Å². The molecule has 0 saturated heterocycles. The van der Waals surface area contributed by atoms with Crippen molar-refractivity contribution in [3.8, 4) is 0 Å². The number of hydrogen-bond acceptors (Lipinski definition) is 2. The second kappa shape index (κ2) is 8.10. The van der Waals surface area contributed by atoms with Gasteiger partial charge in [0.15, 0.2) is 0 Å². The molecule has 0 amide bonds. The van der Waals surface area contributed by atoms with Crippen LogP contribution in [-0.4, -0.2) is 37.1 Å². The first-order valence-corrected chi connectivity index (χ1v) is 7.60. The third kappa shape index (κ3) is 5.39. The average Bonchev–Trinajstić information content (AvgIpc) is 2.35. The fraction of sp³-hybridized carbons (Fsp3) is 1.00. The lowest BCUT2D eigenvalue weighted by Crippen LogP contribution is -2.44. The molecule has 1 aliphatic carbocycles. The SMILES string of the molecule is CCCNC(CC)CN(C)C1CCC(C)CC1. The van der Waals surface area contributed by atoms with Crippen molar-refractivity contribution in [3.05, 3.63) is 0 Å². The zero-order chi connectivity index (χ0) is 12.7. The number of nitrogens with zero attached hydrogens (tertiary/aromatic N) is 1. The Bertz CT molecular complexity index is 185. The van der Waals surface area contributed by atoms with E-state index in [9.17, 15) is 0 Å². The summed E-state index contributed by atoms with van der Waals surface area (Å²) in [6.45, 7) is 9.31. The van der Waals surface area contributed by atoms with Crippen molar-refractivity contribution in [3.63, 3.8) is 0 Å². The normalized spacial score (nSPS) is 27.4. The Kier molecular flexibility index (Phi) is 7.14. The number of hydrogen-bond donors (Lipinski definition) is 1. The van der Waals surface area contributed by atoms with E-state index in [4.69, 9.17) is 0 Å². The molecule has 0 aromatic rings. The Hall–Kier alpha value is -0.0800. The van der Waals surface area contributed by atoms with Gasteiger partial charge in [0.05, 0.1) is 0 Å². The van der Waals surface area contributed by atoms with Crippen LogP contribution in [0.15, 0.2) is 0 Å². The van der Waals surface area contributed by atoms with Gasteiger partial charge in [-0.1, -0.05) is 20.8 Å². The molecule has 2 nitrogen and oxygen atoms in total. The number of nitrogens with one attached hydrogen (secondary N) is 1. The van der Waals surface area contributed by atoms with Crippen LogP contribution in [0.25, 0.3) is 0 Å². The molecule has 1 unspecified atom stereocenters. The summed E-state index contributed by atoms with van der Waals surface area (Å²) in [4.78, 5) is 2.60. The van der Waals surface area contributed by atoms with E-state index in [0.717, 1.165) is 18.5 Å². The molecule has 1 atom stereocenters. The van der Waals surface area contributed by atoms with Gasteiger partial charge >= 0.3 is 0 Å². The maximum Gasteiger partial charge on any atom is 0.0192 e. The fourth-order valence-corrected chi connectivity index (χ4v) is 2.87. The van der Waals surface area contributed by atoms with Crippen molar-refractivity contribution in [1.29, 1.82) is 0 Å². The second-order valence-electron chi connectivity index (χ2n) is 5.91. The lowest BCUT2D eigenvalue weighted by Gasteiger charge is -2.35. The summed E-state index contributed by atoms with van der Waals surface area (Å²) in [5.74, 6) is 0.958. The maximum absolute atomic E-state index is 3.66. The molecule has 1 rings (SSSR count). The van der Waals surface area contributed by atoms with Crippen molar-refractivity contribution >= 4 is 0 Å². The predicted molar refractivity (Wildman–Crippen MR) is 76.4 cm³/mol. The van der Waals surface area contributed by atoms with E-state index in [1.54, 1.807) is 0 Å². The van der Waals surface area contributed by atoms with Crippen molar-refractivity contribution in [2.75, 3.05) is 20.1 Å². The maximum atomic E-state index is 3.66. The monoisotopic (exact) mass is 240 g/mol. The van der Waals surface area contributed by atoms with E-state index in [1.165, 1.54) is 45.1 Å². The zero-order valence-electron chi connectivity index (χ0n) is 12.3. The van der Waals surface area contributed by atoms with Gasteiger partial charge in [-0.3, -0.25) is 0 Å². The summed E-state index contributed by atoms with van der Waals surface area (Å²) in [6.07, 6.45) is 8.14. The second-order valence-corrected chi connectivity index (χ2v) is 5.91. The van der Waals surface area contributed by atoms with Gasteiger partial charge in [-0.2, -0.15) is 0 Å². The third-order valence-electron chi connectivity index (χ3n) is 4.29. The topological polar surface area (TPSA) is 15.3 Å². The van der Waals surface area contributed by atoms with Gasteiger partial charge in [0.25, 0.3) is 0 Å². The lowest BCUT2D eigenvalue weighted by atomic mass is 9.86. The van der Waals surface area contributed by atoms with Gasteiger partial charge < -0.3 is 10.2 Å². The summed E-state index contributed by atoms with van der Waals surface area (Å²) in [5, 5.41) is 3.66. The van der Waals surface area contributed by atoms with E-state index in [0.29, 0.717) is 6.04 Å². The van der Waals surface area contributed by atoms with E-state index in [1.807, 2.05) is 0 Å². The highest BCUT2D eigenvalue weighted by Gasteiger charge is 2.22. The Balaban J connectivity index is 2.28. The van der Waals surface area contributed by atoms with Gasteiger partial charge in [-0.15, -0.1) is 0 Å². The van der Waals surface area contributed by atoms with E-state index in [-0.39, 0.29) is 0 Å². The highest BCUT2D eigenvalue weighted by atomic mass is 15.2. The Morgan fingerprint density at radius 3 is 2.35 bits per heavy atom. The van der Waals surface area contributed by atoms with Gasteiger partial charge in [0, 0.05) is 18.6 Å². The molecule has 0 aromatic carbocycles. The largest absolute Gasteiger partial charge is 0.313 e. The van der Waals surface area contributed by atoms with Crippen LogP contribution in [0.5, 0.6) is 0 Å². The van der Waals surface area contributed by atoms with Crippen molar-refractivity contribution in [2.45, 2.75) is 71.4 Å². The third-order valence-corrected chi connectivity index (χ3v) is 4.29. The standard InChI is InChI=1S/C15H32N2/c1-5-11-16-14(6-2)12-17(4)15-9-7-13(3)8-10-15/h13-16H,5-12H2,1-4H3. The predicted octanol–water partition coefficient (Wildman–Crippen LogP) is 3.28. The molecular formula is C15H32N2. The number of likely N-dealkylation sites (N-methyl/N-ethyl adjacent to an activating group) is 1. The number of rotatable bonds is 7. The van der Waals surface area contributed by atoms with E-state index < -0.39 is 0 Å². The fourth-order valence-electron chi connectivity index (χ4n) is 2.87. The summed E-state index contributed by atoms with van der Waals surface area (Å²) in [6, 6.07) is 1.52. The minimum absolute atomic E-state index is 0.680. The highest BCUT2D eigenvalue weighted by molar-refractivity contribution is 4.79. The first kappa shape index (κ1) is 15.0. The lowest BCUT2D eigenvalue weighted by molar-refractivity contribution is 0.155. The molecule has 0 aliphatic heterocycles.